The van der Waals surface area contributed by atoms with E-state index in [2.05, 4.69) is 10.6 Å². The van der Waals surface area contributed by atoms with Gasteiger partial charge in [0.1, 0.15) is 0 Å². The van der Waals surface area contributed by atoms with Gasteiger partial charge in [-0.15, -0.1) is 0 Å². The quantitative estimate of drug-likeness (QED) is 0.566. The van der Waals surface area contributed by atoms with Gasteiger partial charge >= 0.3 is 0 Å². The van der Waals surface area contributed by atoms with Crippen LogP contribution >= 0.6 is 0 Å². The van der Waals surface area contributed by atoms with Crippen LogP contribution in [0.3, 0.4) is 0 Å². The van der Waals surface area contributed by atoms with Gasteiger partial charge in [0.05, 0.1) is 19.3 Å². The predicted molar refractivity (Wildman–Crippen MR) is 65.5 cm³/mol. The molecule has 1 aromatic carbocycles. The first-order valence-electron chi connectivity index (χ1n) is 5.48. The third kappa shape index (κ3) is 4.52. The molecule has 1 rings (SSSR count). The van der Waals surface area contributed by atoms with Crippen LogP contribution in [-0.4, -0.2) is 35.4 Å². The number of carbonyl (C=O) groups excluding carboxylic acids is 1. The van der Waals surface area contributed by atoms with Gasteiger partial charge in [-0.25, -0.2) is 0 Å². The van der Waals surface area contributed by atoms with E-state index in [4.69, 9.17) is 10.2 Å². The van der Waals surface area contributed by atoms with Gasteiger partial charge in [-0.3, -0.25) is 4.79 Å². The molecule has 0 saturated heterocycles. The van der Waals surface area contributed by atoms with Crippen molar-refractivity contribution in [2.45, 2.75) is 19.5 Å². The van der Waals surface area contributed by atoms with Crippen LogP contribution < -0.4 is 10.6 Å². The Hall–Kier alpha value is -1.43. The Bertz CT molecular complexity index is 365. The minimum atomic E-state index is -0.347. The number of carbonyl (C=O) groups is 1. The van der Waals surface area contributed by atoms with E-state index < -0.39 is 0 Å². The molecule has 1 amide bonds. The summed E-state index contributed by atoms with van der Waals surface area (Å²) in [5, 5.41) is 23.6. The highest BCUT2D eigenvalue weighted by molar-refractivity contribution is 5.89. The van der Waals surface area contributed by atoms with Crippen LogP contribution in [0.2, 0.25) is 0 Å². The highest BCUT2D eigenvalue weighted by atomic mass is 16.3. The SMILES string of the molecule is CC(=O)Nc1ccccc1CNC(CO)CO. The molecule has 0 radical (unpaired) electrons. The van der Waals surface area contributed by atoms with Crippen molar-refractivity contribution < 1.29 is 15.0 Å². The lowest BCUT2D eigenvalue weighted by Gasteiger charge is -2.15. The summed E-state index contributed by atoms with van der Waals surface area (Å²) >= 11 is 0. The second-order valence-electron chi connectivity index (χ2n) is 3.78. The van der Waals surface area contributed by atoms with Crippen LogP contribution in [0.1, 0.15) is 12.5 Å². The number of amides is 1. The minimum absolute atomic E-state index is 0.126. The Morgan fingerprint density at radius 2 is 1.94 bits per heavy atom. The lowest BCUT2D eigenvalue weighted by molar-refractivity contribution is -0.114. The molecule has 0 atom stereocenters. The summed E-state index contributed by atoms with van der Waals surface area (Å²) in [6.45, 7) is 1.67. The largest absolute Gasteiger partial charge is 0.395 e. The molecular weight excluding hydrogens is 220 g/mol. The molecule has 4 N–H and O–H groups in total. The molecule has 5 heteroatoms. The maximum Gasteiger partial charge on any atom is 0.221 e. The van der Waals surface area contributed by atoms with E-state index in [1.165, 1.54) is 6.92 Å². The second-order valence-corrected chi connectivity index (χ2v) is 3.78. The first-order valence-corrected chi connectivity index (χ1v) is 5.48. The van der Waals surface area contributed by atoms with E-state index in [1.807, 2.05) is 24.3 Å². The number of aliphatic hydroxyl groups is 2. The molecule has 0 unspecified atom stereocenters. The normalized spacial score (nSPS) is 10.6. The van der Waals surface area contributed by atoms with E-state index >= 15 is 0 Å². The first-order chi connectivity index (χ1) is 8.17. The molecule has 94 valence electrons. The highest BCUT2D eigenvalue weighted by Crippen LogP contribution is 2.14. The van der Waals surface area contributed by atoms with Gasteiger partial charge in [-0.05, 0) is 11.6 Å². The van der Waals surface area contributed by atoms with Crippen LogP contribution in [0.5, 0.6) is 0 Å². The first kappa shape index (κ1) is 13.6. The molecule has 0 spiro atoms. The summed E-state index contributed by atoms with van der Waals surface area (Å²) in [5.74, 6) is -0.127. The molecule has 0 heterocycles. The number of anilines is 1. The average Bonchev–Trinajstić information content (AvgIpc) is 2.31. The van der Waals surface area contributed by atoms with Gasteiger partial charge in [0.25, 0.3) is 0 Å². The number of para-hydroxylation sites is 1. The molecule has 0 aromatic heterocycles. The van der Waals surface area contributed by atoms with Crippen LogP contribution in [0.4, 0.5) is 5.69 Å². The molecule has 0 saturated carbocycles. The number of aliphatic hydroxyl groups excluding tert-OH is 2. The maximum atomic E-state index is 11.0. The summed E-state index contributed by atoms with van der Waals surface area (Å²) in [7, 11) is 0. The Labute approximate surface area is 100 Å². The molecular formula is C12H18N2O3. The standard InChI is InChI=1S/C12H18N2O3/c1-9(17)14-12-5-3-2-4-10(12)6-13-11(7-15)8-16/h2-5,11,13,15-16H,6-8H2,1H3,(H,14,17). The molecule has 17 heavy (non-hydrogen) atoms. The van der Waals surface area contributed by atoms with Crippen molar-refractivity contribution in [3.8, 4) is 0 Å². The monoisotopic (exact) mass is 238 g/mol. The van der Waals surface area contributed by atoms with Gasteiger partial charge in [0.2, 0.25) is 5.91 Å². The number of rotatable bonds is 6. The van der Waals surface area contributed by atoms with Gasteiger partial charge in [0.15, 0.2) is 0 Å². The fraction of sp³-hybridized carbons (Fsp3) is 0.417. The van der Waals surface area contributed by atoms with E-state index in [-0.39, 0.29) is 25.2 Å². The molecule has 1 aromatic rings. The highest BCUT2D eigenvalue weighted by Gasteiger charge is 2.07. The third-order valence-corrected chi connectivity index (χ3v) is 2.35. The third-order valence-electron chi connectivity index (χ3n) is 2.35. The van der Waals surface area contributed by atoms with Crippen LogP contribution in [0.25, 0.3) is 0 Å². The van der Waals surface area contributed by atoms with Crippen LogP contribution in [0, 0.1) is 0 Å². The Morgan fingerprint density at radius 1 is 1.29 bits per heavy atom. The van der Waals surface area contributed by atoms with Crippen molar-refractivity contribution in [2.24, 2.45) is 0 Å². The maximum absolute atomic E-state index is 11.0. The van der Waals surface area contributed by atoms with Crippen molar-refractivity contribution in [1.82, 2.24) is 5.32 Å². The van der Waals surface area contributed by atoms with Gasteiger partial charge < -0.3 is 20.8 Å². The zero-order valence-electron chi connectivity index (χ0n) is 9.81. The summed E-state index contributed by atoms with van der Waals surface area (Å²) in [5.41, 5.74) is 1.65. The number of hydrogen-bond acceptors (Lipinski definition) is 4. The molecule has 0 aliphatic carbocycles. The van der Waals surface area contributed by atoms with Crippen LogP contribution in [0.15, 0.2) is 24.3 Å². The lowest BCUT2D eigenvalue weighted by Crippen LogP contribution is -2.35. The van der Waals surface area contributed by atoms with Crippen molar-refractivity contribution >= 4 is 11.6 Å². The topological polar surface area (TPSA) is 81.6 Å². The molecule has 0 aliphatic rings. The summed E-state index contributed by atoms with van der Waals surface area (Å²) in [6, 6.07) is 7.05. The van der Waals surface area contributed by atoms with Crippen LogP contribution in [-0.2, 0) is 11.3 Å². The fourth-order valence-electron chi connectivity index (χ4n) is 1.43. The van der Waals surface area contributed by atoms with Gasteiger partial charge in [0, 0.05) is 19.2 Å². The van der Waals surface area contributed by atoms with E-state index in [9.17, 15) is 4.79 Å². The summed E-state index contributed by atoms with van der Waals surface area (Å²) < 4.78 is 0. The molecule has 0 bridgehead atoms. The molecule has 0 fully saturated rings. The predicted octanol–water partition coefficient (Wildman–Crippen LogP) is 0.0878. The minimum Gasteiger partial charge on any atom is -0.395 e. The lowest BCUT2D eigenvalue weighted by atomic mass is 10.1. The van der Waals surface area contributed by atoms with Gasteiger partial charge in [-0.1, -0.05) is 18.2 Å². The smallest absolute Gasteiger partial charge is 0.221 e. The number of benzene rings is 1. The molecule has 0 aliphatic heterocycles. The summed E-state index contributed by atoms with van der Waals surface area (Å²) in [6.07, 6.45) is 0. The zero-order chi connectivity index (χ0) is 12.7. The number of hydrogen-bond donors (Lipinski definition) is 4. The van der Waals surface area contributed by atoms with E-state index in [1.54, 1.807) is 0 Å². The van der Waals surface area contributed by atoms with Crippen molar-refractivity contribution in [3.05, 3.63) is 29.8 Å². The average molecular weight is 238 g/mol. The fourth-order valence-corrected chi connectivity index (χ4v) is 1.43. The van der Waals surface area contributed by atoms with E-state index in [0.717, 1.165) is 11.3 Å². The summed E-state index contributed by atoms with van der Waals surface area (Å²) in [4.78, 5) is 11.0. The van der Waals surface area contributed by atoms with E-state index in [0.29, 0.717) is 6.54 Å². The Balaban J connectivity index is 2.66. The Morgan fingerprint density at radius 3 is 2.53 bits per heavy atom. The van der Waals surface area contributed by atoms with Gasteiger partial charge in [-0.2, -0.15) is 0 Å². The van der Waals surface area contributed by atoms with Crippen molar-refractivity contribution in [1.29, 1.82) is 0 Å². The Kier molecular flexibility index (Phi) is 5.62. The number of nitrogens with one attached hydrogen (secondary N) is 2. The van der Waals surface area contributed by atoms with Crippen molar-refractivity contribution in [2.75, 3.05) is 18.5 Å². The zero-order valence-corrected chi connectivity index (χ0v) is 9.81. The second kappa shape index (κ2) is 7.01. The van der Waals surface area contributed by atoms with Crippen molar-refractivity contribution in [3.63, 3.8) is 0 Å². The molecule has 5 nitrogen and oxygen atoms in total.